The van der Waals surface area contributed by atoms with Gasteiger partial charge in [-0.3, -0.25) is 9.59 Å². The fraction of sp³-hybridized carbons (Fsp3) is 0.312. The largest absolute Gasteiger partial charge is 0.445 e. The molecule has 6 heteroatoms. The van der Waals surface area contributed by atoms with Crippen molar-refractivity contribution in [3.63, 3.8) is 0 Å². The van der Waals surface area contributed by atoms with Gasteiger partial charge in [0.2, 0.25) is 5.91 Å². The van der Waals surface area contributed by atoms with E-state index in [0.717, 1.165) is 5.56 Å². The average molecular weight is 300 g/mol. The smallest absolute Gasteiger partial charge is 0.408 e. The number of hydrogen-bond donors (Lipinski definition) is 1. The second-order valence-electron chi connectivity index (χ2n) is 5.25. The Morgan fingerprint density at radius 2 is 2.05 bits per heavy atom. The molecule has 0 saturated carbocycles. The number of fused-ring (bicyclic) bond motifs is 1. The van der Waals surface area contributed by atoms with Gasteiger partial charge in [-0.2, -0.15) is 0 Å². The van der Waals surface area contributed by atoms with Crippen LogP contribution in [0.25, 0.3) is 0 Å². The van der Waals surface area contributed by atoms with E-state index in [1.807, 2.05) is 30.3 Å². The lowest BCUT2D eigenvalue weighted by atomic mass is 10.1. The summed E-state index contributed by atoms with van der Waals surface area (Å²) in [6, 6.07) is 8.63. The summed E-state index contributed by atoms with van der Waals surface area (Å²) in [5.41, 5.74) is 1.33. The Bertz CT molecular complexity index is 639. The minimum Gasteiger partial charge on any atom is -0.445 e. The van der Waals surface area contributed by atoms with Crippen LogP contribution in [0.1, 0.15) is 18.4 Å². The Morgan fingerprint density at radius 1 is 1.27 bits per heavy atom. The van der Waals surface area contributed by atoms with Gasteiger partial charge in [0.15, 0.2) is 5.78 Å². The molecule has 2 heterocycles. The zero-order valence-corrected chi connectivity index (χ0v) is 12.0. The second-order valence-corrected chi connectivity index (χ2v) is 5.25. The van der Waals surface area contributed by atoms with E-state index in [1.165, 1.54) is 4.90 Å². The van der Waals surface area contributed by atoms with Crippen molar-refractivity contribution in [2.45, 2.75) is 25.5 Å². The molecular weight excluding hydrogens is 284 g/mol. The number of alkyl carbamates (subject to hydrolysis) is 1. The van der Waals surface area contributed by atoms with E-state index in [-0.39, 0.29) is 18.3 Å². The van der Waals surface area contributed by atoms with Gasteiger partial charge < -0.3 is 15.0 Å². The van der Waals surface area contributed by atoms with Crippen molar-refractivity contribution in [1.82, 2.24) is 10.2 Å². The molecule has 6 nitrogen and oxygen atoms in total. The Hall–Kier alpha value is -2.63. The van der Waals surface area contributed by atoms with Crippen LogP contribution in [0.3, 0.4) is 0 Å². The van der Waals surface area contributed by atoms with Crippen LogP contribution in [-0.4, -0.2) is 35.3 Å². The summed E-state index contributed by atoms with van der Waals surface area (Å²) in [4.78, 5) is 37.0. The molecule has 3 rings (SSSR count). The summed E-state index contributed by atoms with van der Waals surface area (Å²) >= 11 is 0. The number of rotatable bonds is 3. The maximum absolute atomic E-state index is 12.2. The quantitative estimate of drug-likeness (QED) is 0.915. The van der Waals surface area contributed by atoms with Gasteiger partial charge in [0.1, 0.15) is 12.6 Å². The standard InChI is InChI=1S/C16H16N2O4/c19-14-8-9-18-13(14)7-6-12(15(18)20)17-16(21)22-10-11-4-2-1-3-5-11/h1-5,7,12H,6,8-10H2,(H,17,21)/t12-/m1/s1. The van der Waals surface area contributed by atoms with E-state index < -0.39 is 12.1 Å². The van der Waals surface area contributed by atoms with Gasteiger partial charge in [-0.15, -0.1) is 0 Å². The molecule has 2 aliphatic rings. The highest BCUT2D eigenvalue weighted by molar-refractivity contribution is 6.04. The molecular formula is C16H16N2O4. The molecule has 0 radical (unpaired) electrons. The van der Waals surface area contributed by atoms with Crippen molar-refractivity contribution >= 4 is 17.8 Å². The lowest BCUT2D eigenvalue weighted by Crippen LogP contribution is -2.49. The number of amides is 2. The predicted octanol–water partition coefficient (Wildman–Crippen LogP) is 1.37. The first kappa shape index (κ1) is 14.3. The normalized spacial score (nSPS) is 20.5. The molecule has 1 aromatic carbocycles. The first-order chi connectivity index (χ1) is 10.6. The summed E-state index contributed by atoms with van der Waals surface area (Å²) in [5.74, 6) is -0.265. The van der Waals surface area contributed by atoms with E-state index >= 15 is 0 Å². The van der Waals surface area contributed by atoms with Crippen LogP contribution in [0.5, 0.6) is 0 Å². The molecule has 1 aromatic rings. The number of nitrogens with zero attached hydrogens (tertiary/aromatic N) is 1. The van der Waals surface area contributed by atoms with Crippen LogP contribution >= 0.6 is 0 Å². The summed E-state index contributed by atoms with van der Waals surface area (Å²) in [7, 11) is 0. The topological polar surface area (TPSA) is 75.7 Å². The highest BCUT2D eigenvalue weighted by atomic mass is 16.5. The zero-order chi connectivity index (χ0) is 15.5. The first-order valence-corrected chi connectivity index (χ1v) is 7.17. The third-order valence-corrected chi connectivity index (χ3v) is 3.75. The maximum atomic E-state index is 12.2. The van der Waals surface area contributed by atoms with E-state index in [1.54, 1.807) is 6.08 Å². The molecule has 1 saturated heterocycles. The number of Topliss-reactive ketones (excluding diaryl/α,β-unsaturated/α-hetero) is 1. The van der Waals surface area contributed by atoms with Gasteiger partial charge in [-0.1, -0.05) is 36.4 Å². The molecule has 0 aliphatic carbocycles. The number of ketones is 1. The Kier molecular flexibility index (Phi) is 3.91. The molecule has 0 aromatic heterocycles. The third-order valence-electron chi connectivity index (χ3n) is 3.75. The fourth-order valence-corrected chi connectivity index (χ4v) is 2.61. The number of hydrogen-bond acceptors (Lipinski definition) is 4. The Labute approximate surface area is 127 Å². The van der Waals surface area contributed by atoms with Crippen molar-refractivity contribution in [3.8, 4) is 0 Å². The van der Waals surface area contributed by atoms with E-state index in [9.17, 15) is 14.4 Å². The number of carbonyl (C=O) groups is 3. The molecule has 2 amide bonds. The lowest BCUT2D eigenvalue weighted by Gasteiger charge is -2.27. The van der Waals surface area contributed by atoms with Crippen LogP contribution in [0.2, 0.25) is 0 Å². The van der Waals surface area contributed by atoms with Crippen molar-refractivity contribution in [2.75, 3.05) is 6.54 Å². The highest BCUT2D eigenvalue weighted by Gasteiger charge is 2.38. The van der Waals surface area contributed by atoms with Crippen molar-refractivity contribution in [3.05, 3.63) is 47.7 Å². The molecule has 2 aliphatic heterocycles. The van der Waals surface area contributed by atoms with Crippen LogP contribution in [0.4, 0.5) is 4.79 Å². The van der Waals surface area contributed by atoms with Gasteiger partial charge in [0.25, 0.3) is 0 Å². The Morgan fingerprint density at radius 3 is 2.82 bits per heavy atom. The summed E-state index contributed by atoms with van der Waals surface area (Å²) in [6.45, 7) is 0.539. The maximum Gasteiger partial charge on any atom is 0.408 e. The van der Waals surface area contributed by atoms with E-state index in [2.05, 4.69) is 5.32 Å². The molecule has 1 atom stereocenters. The Balaban J connectivity index is 1.55. The SMILES string of the molecule is O=C(N[C@@H]1CC=C2C(=O)CCN2C1=O)OCc1ccccc1. The lowest BCUT2D eigenvalue weighted by molar-refractivity contribution is -0.132. The van der Waals surface area contributed by atoms with Crippen LogP contribution in [0, 0.1) is 0 Å². The monoisotopic (exact) mass is 300 g/mol. The van der Waals surface area contributed by atoms with Crippen molar-refractivity contribution in [2.24, 2.45) is 0 Å². The summed E-state index contributed by atoms with van der Waals surface area (Å²) in [6.07, 6.45) is 1.74. The molecule has 1 N–H and O–H groups in total. The van der Waals surface area contributed by atoms with Gasteiger partial charge in [0.05, 0.1) is 5.70 Å². The van der Waals surface area contributed by atoms with Gasteiger partial charge in [-0.25, -0.2) is 4.79 Å². The molecule has 1 fully saturated rings. The third kappa shape index (κ3) is 2.86. The zero-order valence-electron chi connectivity index (χ0n) is 12.0. The first-order valence-electron chi connectivity index (χ1n) is 7.17. The number of carbonyl (C=O) groups excluding carboxylic acids is 3. The van der Waals surface area contributed by atoms with Crippen LogP contribution in [0.15, 0.2) is 42.1 Å². The van der Waals surface area contributed by atoms with Gasteiger partial charge in [0, 0.05) is 13.0 Å². The number of ether oxygens (including phenoxy) is 1. The van der Waals surface area contributed by atoms with Crippen LogP contribution < -0.4 is 5.32 Å². The summed E-state index contributed by atoms with van der Waals surface area (Å²) < 4.78 is 5.10. The van der Waals surface area contributed by atoms with Crippen molar-refractivity contribution < 1.29 is 19.1 Å². The number of benzene rings is 1. The number of allylic oxidation sites excluding steroid dienone is 1. The predicted molar refractivity (Wildman–Crippen MR) is 77.6 cm³/mol. The molecule has 114 valence electrons. The number of nitrogens with one attached hydrogen (secondary N) is 1. The van der Waals surface area contributed by atoms with Crippen molar-refractivity contribution in [1.29, 1.82) is 0 Å². The second kappa shape index (κ2) is 6.01. The molecule has 0 unspecified atom stereocenters. The minimum absolute atomic E-state index is 0.0153. The van der Waals surface area contributed by atoms with Gasteiger partial charge in [-0.05, 0) is 12.0 Å². The van der Waals surface area contributed by atoms with Gasteiger partial charge >= 0.3 is 6.09 Å². The van der Waals surface area contributed by atoms with Crippen LogP contribution in [-0.2, 0) is 20.9 Å². The average Bonchev–Trinajstić information content (AvgIpc) is 2.91. The van der Waals surface area contributed by atoms with E-state index in [4.69, 9.17) is 4.74 Å². The molecule has 0 spiro atoms. The summed E-state index contributed by atoms with van der Waals surface area (Å²) in [5, 5.41) is 2.56. The minimum atomic E-state index is -0.669. The highest BCUT2D eigenvalue weighted by Crippen LogP contribution is 2.24. The molecule has 0 bridgehead atoms. The molecule has 22 heavy (non-hydrogen) atoms. The van der Waals surface area contributed by atoms with E-state index in [0.29, 0.717) is 25.1 Å². The fourth-order valence-electron chi connectivity index (χ4n) is 2.61.